The summed E-state index contributed by atoms with van der Waals surface area (Å²) in [5.41, 5.74) is 5.75. The van der Waals surface area contributed by atoms with Crippen molar-refractivity contribution in [2.75, 3.05) is 19.6 Å². The maximum Gasteiger partial charge on any atom is 0.232 e. The van der Waals surface area contributed by atoms with Crippen LogP contribution in [0.15, 0.2) is 4.52 Å². The van der Waals surface area contributed by atoms with E-state index in [0.29, 0.717) is 11.8 Å². The van der Waals surface area contributed by atoms with E-state index in [9.17, 15) is 0 Å². The Bertz CT molecular complexity index is 410. The van der Waals surface area contributed by atoms with Crippen LogP contribution in [0.25, 0.3) is 0 Å². The molecule has 0 amide bonds. The van der Waals surface area contributed by atoms with Gasteiger partial charge in [-0.25, -0.2) is 0 Å². The summed E-state index contributed by atoms with van der Waals surface area (Å²) in [6.07, 6.45) is 1.20. The van der Waals surface area contributed by atoms with Gasteiger partial charge in [0, 0.05) is 12.0 Å². The molecular formula is C14H26N4O. The number of piperidine rings is 1. The van der Waals surface area contributed by atoms with Gasteiger partial charge in [0.2, 0.25) is 5.89 Å². The second kappa shape index (κ2) is 5.59. The lowest BCUT2D eigenvalue weighted by molar-refractivity contribution is 0.122. The third-order valence-electron chi connectivity index (χ3n) is 3.98. The van der Waals surface area contributed by atoms with Crippen LogP contribution in [-0.2, 0) is 12.0 Å². The zero-order valence-corrected chi connectivity index (χ0v) is 12.5. The lowest BCUT2D eigenvalue weighted by Crippen LogP contribution is -2.42. The number of hydrogen-bond donors (Lipinski definition) is 1. The molecule has 5 heteroatoms. The molecule has 1 aromatic rings. The Morgan fingerprint density at radius 3 is 2.74 bits per heavy atom. The smallest absolute Gasteiger partial charge is 0.232 e. The first-order valence-electron chi connectivity index (χ1n) is 7.15. The van der Waals surface area contributed by atoms with Crippen molar-refractivity contribution in [2.45, 2.75) is 46.1 Å². The maximum atomic E-state index is 5.83. The first kappa shape index (κ1) is 14.5. The van der Waals surface area contributed by atoms with Crippen LogP contribution in [0, 0.1) is 11.8 Å². The first-order valence-corrected chi connectivity index (χ1v) is 7.15. The summed E-state index contributed by atoms with van der Waals surface area (Å²) in [5.74, 6) is 2.80. The summed E-state index contributed by atoms with van der Waals surface area (Å²) in [4.78, 5) is 6.88. The second-order valence-electron chi connectivity index (χ2n) is 6.76. The van der Waals surface area contributed by atoms with Gasteiger partial charge < -0.3 is 10.3 Å². The molecule has 1 aromatic heterocycles. The Balaban J connectivity index is 1.96. The van der Waals surface area contributed by atoms with Crippen LogP contribution >= 0.6 is 0 Å². The maximum absolute atomic E-state index is 5.83. The highest BCUT2D eigenvalue weighted by Gasteiger charge is 2.27. The van der Waals surface area contributed by atoms with Crippen molar-refractivity contribution in [1.82, 2.24) is 15.0 Å². The molecule has 1 aliphatic rings. The van der Waals surface area contributed by atoms with Crippen LogP contribution in [0.5, 0.6) is 0 Å². The molecular weight excluding hydrogens is 240 g/mol. The number of nitrogens with two attached hydrogens (primary N) is 1. The van der Waals surface area contributed by atoms with Gasteiger partial charge in [-0.3, -0.25) is 4.90 Å². The largest absolute Gasteiger partial charge is 0.339 e. The summed E-state index contributed by atoms with van der Waals surface area (Å²) in [6, 6.07) is 0. The second-order valence-corrected chi connectivity index (χ2v) is 6.76. The molecule has 0 bridgehead atoms. The minimum absolute atomic E-state index is 0.0819. The zero-order chi connectivity index (χ0) is 14.0. The summed E-state index contributed by atoms with van der Waals surface area (Å²) in [7, 11) is 0. The molecule has 1 fully saturated rings. The molecule has 2 rings (SSSR count). The van der Waals surface area contributed by atoms with E-state index in [2.05, 4.69) is 42.7 Å². The van der Waals surface area contributed by atoms with Crippen LogP contribution in [0.2, 0.25) is 0 Å². The average molecular weight is 266 g/mol. The van der Waals surface area contributed by atoms with Crippen LogP contribution in [0.3, 0.4) is 0 Å². The predicted octanol–water partition coefficient (Wildman–Crippen LogP) is 1.78. The Morgan fingerprint density at radius 1 is 1.42 bits per heavy atom. The molecule has 1 aliphatic heterocycles. The van der Waals surface area contributed by atoms with Crippen molar-refractivity contribution in [3.05, 3.63) is 11.7 Å². The fraction of sp³-hybridized carbons (Fsp3) is 0.857. The van der Waals surface area contributed by atoms with Gasteiger partial charge in [-0.05, 0) is 31.3 Å². The van der Waals surface area contributed by atoms with Crippen LogP contribution < -0.4 is 5.73 Å². The topological polar surface area (TPSA) is 68.2 Å². The summed E-state index contributed by atoms with van der Waals surface area (Å²) in [6.45, 7) is 12.2. The Labute approximate surface area is 115 Å². The lowest BCUT2D eigenvalue weighted by atomic mass is 9.87. The summed E-state index contributed by atoms with van der Waals surface area (Å²) < 4.78 is 5.33. The average Bonchev–Trinajstić information content (AvgIpc) is 2.80. The summed E-state index contributed by atoms with van der Waals surface area (Å²) >= 11 is 0. The fourth-order valence-corrected chi connectivity index (χ4v) is 2.50. The lowest BCUT2D eigenvalue weighted by Gasteiger charge is -2.35. The van der Waals surface area contributed by atoms with Gasteiger partial charge in [0.05, 0.1) is 6.54 Å². The summed E-state index contributed by atoms with van der Waals surface area (Å²) in [5, 5.41) is 4.09. The van der Waals surface area contributed by atoms with Crippen molar-refractivity contribution < 1.29 is 4.52 Å². The van der Waals surface area contributed by atoms with Crippen molar-refractivity contribution in [2.24, 2.45) is 17.6 Å². The van der Waals surface area contributed by atoms with E-state index >= 15 is 0 Å². The molecule has 1 saturated heterocycles. The van der Waals surface area contributed by atoms with E-state index in [0.717, 1.165) is 37.9 Å². The van der Waals surface area contributed by atoms with Gasteiger partial charge in [-0.2, -0.15) is 4.98 Å². The first-order chi connectivity index (χ1) is 8.90. The molecule has 2 unspecified atom stereocenters. The van der Waals surface area contributed by atoms with E-state index < -0.39 is 0 Å². The van der Waals surface area contributed by atoms with Crippen molar-refractivity contribution >= 4 is 0 Å². The molecule has 0 saturated carbocycles. The number of aromatic nitrogens is 2. The third kappa shape index (κ3) is 3.54. The van der Waals surface area contributed by atoms with Crippen LogP contribution in [0.4, 0.5) is 0 Å². The molecule has 2 atom stereocenters. The van der Waals surface area contributed by atoms with E-state index in [1.807, 2.05) is 0 Å². The van der Waals surface area contributed by atoms with E-state index in [4.69, 9.17) is 10.3 Å². The Hall–Kier alpha value is -0.940. The number of nitrogens with zero attached hydrogens (tertiary/aromatic N) is 3. The van der Waals surface area contributed by atoms with Gasteiger partial charge in [0.25, 0.3) is 0 Å². The molecule has 108 valence electrons. The number of hydrogen-bond acceptors (Lipinski definition) is 5. The molecule has 2 heterocycles. The predicted molar refractivity (Wildman–Crippen MR) is 74.6 cm³/mol. The van der Waals surface area contributed by atoms with Crippen molar-refractivity contribution in [3.63, 3.8) is 0 Å². The molecule has 0 aliphatic carbocycles. The molecule has 5 nitrogen and oxygen atoms in total. The number of likely N-dealkylation sites (tertiary alicyclic amines) is 1. The molecule has 0 aromatic carbocycles. The Morgan fingerprint density at radius 2 is 2.16 bits per heavy atom. The minimum atomic E-state index is -0.0819. The van der Waals surface area contributed by atoms with Crippen LogP contribution in [-0.4, -0.2) is 34.7 Å². The molecule has 0 spiro atoms. The van der Waals surface area contributed by atoms with E-state index in [-0.39, 0.29) is 5.41 Å². The van der Waals surface area contributed by atoms with Gasteiger partial charge in [0.1, 0.15) is 0 Å². The third-order valence-corrected chi connectivity index (χ3v) is 3.98. The van der Waals surface area contributed by atoms with Gasteiger partial charge in [0.15, 0.2) is 5.82 Å². The highest BCUT2D eigenvalue weighted by molar-refractivity contribution is 4.98. The normalized spacial score (nSPS) is 25.7. The minimum Gasteiger partial charge on any atom is -0.339 e. The van der Waals surface area contributed by atoms with Gasteiger partial charge >= 0.3 is 0 Å². The van der Waals surface area contributed by atoms with E-state index in [1.54, 1.807) is 0 Å². The Kier molecular flexibility index (Phi) is 4.26. The SMILES string of the molecule is CC1CCN(Cc2noc(C(C)(C)C)n2)CC1CN. The van der Waals surface area contributed by atoms with Gasteiger partial charge in [-0.1, -0.05) is 32.9 Å². The van der Waals surface area contributed by atoms with Gasteiger partial charge in [-0.15, -0.1) is 0 Å². The highest BCUT2D eigenvalue weighted by atomic mass is 16.5. The number of rotatable bonds is 3. The quantitative estimate of drug-likeness (QED) is 0.903. The van der Waals surface area contributed by atoms with Crippen molar-refractivity contribution in [3.8, 4) is 0 Å². The molecule has 2 N–H and O–H groups in total. The monoisotopic (exact) mass is 266 g/mol. The fourth-order valence-electron chi connectivity index (χ4n) is 2.50. The van der Waals surface area contributed by atoms with E-state index in [1.165, 1.54) is 6.42 Å². The van der Waals surface area contributed by atoms with Crippen molar-refractivity contribution in [1.29, 1.82) is 0 Å². The van der Waals surface area contributed by atoms with Crippen LogP contribution in [0.1, 0.15) is 45.8 Å². The standard InChI is InChI=1S/C14H26N4O/c1-10-5-6-18(8-11(10)7-15)9-12-16-13(19-17-12)14(2,3)4/h10-11H,5-9,15H2,1-4H3. The molecule has 0 radical (unpaired) electrons. The zero-order valence-electron chi connectivity index (χ0n) is 12.5. The molecule has 19 heavy (non-hydrogen) atoms. The highest BCUT2D eigenvalue weighted by Crippen LogP contribution is 2.24.